The molecule has 160 valence electrons. The maximum Gasteiger partial charge on any atom is 0.352 e. The Morgan fingerprint density at radius 2 is 2.17 bits per heavy atom. The molecule has 0 aliphatic carbocycles. The number of carboxylic acid groups (broad SMARTS) is 1. The van der Waals surface area contributed by atoms with Gasteiger partial charge < -0.3 is 9.52 Å². The van der Waals surface area contributed by atoms with Crippen LogP contribution in [-0.2, 0) is 30.3 Å². The van der Waals surface area contributed by atoms with E-state index < -0.39 is 45.1 Å². The average molecular weight is 475 g/mol. The number of rotatable bonds is 7. The van der Waals surface area contributed by atoms with Crippen LogP contribution in [0.5, 0.6) is 0 Å². The fourth-order valence-electron chi connectivity index (χ4n) is 2.87. The summed E-state index contributed by atoms with van der Waals surface area (Å²) in [7, 11) is -4.34. The van der Waals surface area contributed by atoms with Gasteiger partial charge >= 0.3 is 5.97 Å². The van der Waals surface area contributed by atoms with Crippen LogP contribution in [-0.4, -0.2) is 78.8 Å². The van der Waals surface area contributed by atoms with Crippen molar-refractivity contribution in [1.82, 2.24) is 20.0 Å². The summed E-state index contributed by atoms with van der Waals surface area (Å²) in [6, 6.07) is -1.06. The lowest BCUT2D eigenvalue weighted by Crippen LogP contribution is -2.70. The summed E-state index contributed by atoms with van der Waals surface area (Å²) in [6.45, 7) is 1.14. The third-order valence-corrected chi connectivity index (χ3v) is 6.91. The highest BCUT2D eigenvalue weighted by atomic mass is 32.2. The molecule has 0 radical (unpaired) electrons. The first kappa shape index (κ1) is 22.1. The number of aromatic nitrogens is 2. The minimum atomic E-state index is -4.34. The number of amides is 2. The molecule has 0 spiro atoms. The SMILES string of the molecule is CC(=O)N(C#N)C1C(=O)N2C(C(=O)O)=C(CSc3nnc(CS(=O)(=O)O)o3)CS[C@@H]12. The lowest BCUT2D eigenvalue weighted by molar-refractivity contribution is -0.156. The topological polar surface area (TPSA) is 195 Å². The van der Waals surface area contributed by atoms with Crippen LogP contribution < -0.4 is 0 Å². The van der Waals surface area contributed by atoms with E-state index in [1.807, 2.05) is 0 Å². The van der Waals surface area contributed by atoms with Crippen molar-refractivity contribution < 1.29 is 36.9 Å². The first-order valence-corrected chi connectivity index (χ1v) is 11.7. The number of aliphatic carboxylic acids is 1. The Hall–Kier alpha value is -2.61. The van der Waals surface area contributed by atoms with Crippen LogP contribution in [0.4, 0.5) is 0 Å². The van der Waals surface area contributed by atoms with E-state index in [4.69, 9.17) is 14.2 Å². The van der Waals surface area contributed by atoms with E-state index in [-0.39, 0.29) is 28.3 Å². The first-order chi connectivity index (χ1) is 14.0. The van der Waals surface area contributed by atoms with Crippen molar-refractivity contribution in [3.05, 3.63) is 17.2 Å². The number of nitrogens with zero attached hydrogens (tertiary/aromatic N) is 5. The van der Waals surface area contributed by atoms with Crippen molar-refractivity contribution in [2.24, 2.45) is 0 Å². The molecule has 16 heteroatoms. The molecule has 0 saturated carbocycles. The number of hydrogen-bond acceptors (Lipinski definition) is 11. The Bertz CT molecular complexity index is 1090. The average Bonchev–Trinajstić information content (AvgIpc) is 3.08. The van der Waals surface area contributed by atoms with Crippen molar-refractivity contribution in [3.8, 4) is 6.19 Å². The van der Waals surface area contributed by atoms with Crippen molar-refractivity contribution in [1.29, 1.82) is 5.26 Å². The second-order valence-corrected chi connectivity index (χ2v) is 9.56. The van der Waals surface area contributed by atoms with Crippen LogP contribution >= 0.6 is 23.5 Å². The number of fused-ring (bicyclic) bond motifs is 1. The second-order valence-electron chi connectivity index (χ2n) is 6.08. The molecule has 0 aromatic carbocycles. The predicted molar refractivity (Wildman–Crippen MR) is 99.9 cm³/mol. The smallest absolute Gasteiger partial charge is 0.352 e. The predicted octanol–water partition coefficient (Wildman–Crippen LogP) is -0.499. The first-order valence-electron chi connectivity index (χ1n) is 8.03. The zero-order chi connectivity index (χ0) is 22.2. The Morgan fingerprint density at radius 1 is 1.47 bits per heavy atom. The standard InChI is InChI=1S/C14H13N5O8S3/c1-6(20)18(5-15)10-11(21)19-9(13(22)23)7(2-28-12(10)19)3-29-14-17-16-8(27-14)4-30(24,25)26/h10,12H,2-4H2,1H3,(H,22,23)(H,24,25,26)/t10?,12-/m0/s1. The molecule has 2 amide bonds. The maximum absolute atomic E-state index is 12.5. The van der Waals surface area contributed by atoms with E-state index in [2.05, 4.69) is 10.2 Å². The number of thioether (sulfide) groups is 2. The van der Waals surface area contributed by atoms with Crippen molar-refractivity contribution >= 4 is 51.4 Å². The van der Waals surface area contributed by atoms with Gasteiger partial charge in [0, 0.05) is 18.4 Å². The third-order valence-electron chi connectivity index (χ3n) is 4.07. The molecular formula is C14H13N5O8S3. The summed E-state index contributed by atoms with van der Waals surface area (Å²) in [5.41, 5.74) is 0.132. The van der Waals surface area contributed by atoms with Crippen molar-refractivity contribution in [2.45, 2.75) is 29.3 Å². The fourth-order valence-corrected chi connectivity index (χ4v) is 5.60. The molecule has 2 aliphatic heterocycles. The van der Waals surface area contributed by atoms with E-state index in [9.17, 15) is 27.9 Å². The Balaban J connectivity index is 1.77. The molecule has 30 heavy (non-hydrogen) atoms. The van der Waals surface area contributed by atoms with Crippen LogP contribution in [0.3, 0.4) is 0 Å². The van der Waals surface area contributed by atoms with Gasteiger partial charge in [0.25, 0.3) is 21.2 Å². The minimum Gasteiger partial charge on any atom is -0.477 e. The minimum absolute atomic E-state index is 0.0435. The molecule has 1 saturated heterocycles. The zero-order valence-corrected chi connectivity index (χ0v) is 17.5. The van der Waals surface area contributed by atoms with E-state index in [0.717, 1.165) is 28.5 Å². The summed E-state index contributed by atoms with van der Waals surface area (Å²) in [5.74, 6) is -3.54. The van der Waals surface area contributed by atoms with Gasteiger partial charge in [-0.1, -0.05) is 11.8 Å². The number of carbonyl (C=O) groups is 3. The molecule has 2 N–H and O–H groups in total. The summed E-state index contributed by atoms with van der Waals surface area (Å²) in [4.78, 5) is 37.6. The number of β-lactam (4-membered cyclic amide) rings is 1. The third kappa shape index (κ3) is 4.28. The lowest BCUT2D eigenvalue weighted by atomic mass is 10.0. The molecule has 1 aromatic heterocycles. The van der Waals surface area contributed by atoms with Crippen LogP contribution in [0.15, 0.2) is 20.9 Å². The van der Waals surface area contributed by atoms with Crippen molar-refractivity contribution in [2.75, 3.05) is 11.5 Å². The van der Waals surface area contributed by atoms with E-state index in [0.29, 0.717) is 5.57 Å². The fraction of sp³-hybridized carbons (Fsp3) is 0.429. The molecule has 2 aliphatic rings. The van der Waals surface area contributed by atoms with Gasteiger partial charge in [-0.25, -0.2) is 9.69 Å². The Morgan fingerprint density at radius 3 is 2.73 bits per heavy atom. The van der Waals surface area contributed by atoms with Gasteiger partial charge in [0.2, 0.25) is 11.8 Å². The molecule has 13 nitrogen and oxygen atoms in total. The molecule has 3 rings (SSSR count). The molecule has 1 fully saturated rings. The molecule has 2 atom stereocenters. The van der Waals surface area contributed by atoms with E-state index >= 15 is 0 Å². The molecular weight excluding hydrogens is 462 g/mol. The maximum atomic E-state index is 12.5. The Kier molecular flexibility index (Phi) is 6.08. The van der Waals surface area contributed by atoms with E-state index in [1.54, 1.807) is 6.19 Å². The number of nitriles is 1. The largest absolute Gasteiger partial charge is 0.477 e. The normalized spacial score (nSPS) is 21.0. The molecule has 1 aromatic rings. The van der Waals surface area contributed by atoms with E-state index in [1.165, 1.54) is 11.8 Å². The molecule has 3 heterocycles. The summed E-state index contributed by atoms with van der Waals surface area (Å²) >= 11 is 2.14. The zero-order valence-electron chi connectivity index (χ0n) is 15.1. The number of hydrogen-bond donors (Lipinski definition) is 2. The summed E-state index contributed by atoms with van der Waals surface area (Å²) in [6.07, 6.45) is 1.65. The van der Waals surface area contributed by atoms with Gasteiger partial charge in [0.15, 0.2) is 18.0 Å². The Labute approximate surface area is 177 Å². The van der Waals surface area contributed by atoms with Crippen LogP contribution in [0.2, 0.25) is 0 Å². The molecule has 0 bridgehead atoms. The lowest BCUT2D eigenvalue weighted by Gasteiger charge is -2.50. The molecule has 1 unspecified atom stereocenters. The van der Waals surface area contributed by atoms with Crippen LogP contribution in [0.1, 0.15) is 12.8 Å². The van der Waals surface area contributed by atoms with Gasteiger partial charge in [-0.15, -0.1) is 22.0 Å². The number of carboxylic acids is 1. The highest BCUT2D eigenvalue weighted by Gasteiger charge is 2.57. The highest BCUT2D eigenvalue weighted by Crippen LogP contribution is 2.43. The van der Waals surface area contributed by atoms with Gasteiger partial charge in [0.1, 0.15) is 11.1 Å². The summed E-state index contributed by atoms with van der Waals surface area (Å²) < 4.78 is 35.5. The monoisotopic (exact) mass is 475 g/mol. The van der Waals surface area contributed by atoms with Gasteiger partial charge in [0.05, 0.1) is 0 Å². The van der Waals surface area contributed by atoms with Gasteiger partial charge in [-0.3, -0.25) is 19.0 Å². The van der Waals surface area contributed by atoms with Crippen LogP contribution in [0.25, 0.3) is 0 Å². The van der Waals surface area contributed by atoms with Gasteiger partial charge in [-0.2, -0.15) is 13.7 Å². The second kappa shape index (κ2) is 8.26. The quantitative estimate of drug-likeness (QED) is 0.168. The van der Waals surface area contributed by atoms with Crippen LogP contribution in [0, 0.1) is 11.5 Å². The van der Waals surface area contributed by atoms with Crippen molar-refractivity contribution in [3.63, 3.8) is 0 Å². The number of carbonyl (C=O) groups excluding carboxylic acids is 2. The highest BCUT2D eigenvalue weighted by molar-refractivity contribution is 8.01. The van der Waals surface area contributed by atoms with Gasteiger partial charge in [-0.05, 0) is 5.57 Å². The summed E-state index contributed by atoms with van der Waals surface area (Å²) in [5, 5.41) is 25.1.